The summed E-state index contributed by atoms with van der Waals surface area (Å²) in [7, 11) is 0. The van der Waals surface area contributed by atoms with E-state index < -0.39 is 0 Å². The van der Waals surface area contributed by atoms with Gasteiger partial charge in [-0.2, -0.15) is 4.98 Å². The molecule has 3 aromatic rings. The van der Waals surface area contributed by atoms with Crippen molar-refractivity contribution in [1.29, 1.82) is 0 Å². The van der Waals surface area contributed by atoms with E-state index in [1.807, 2.05) is 0 Å². The molecule has 1 fully saturated rings. The van der Waals surface area contributed by atoms with Crippen molar-refractivity contribution in [2.24, 2.45) is 0 Å². The van der Waals surface area contributed by atoms with Gasteiger partial charge in [0, 0.05) is 13.0 Å². The molecule has 1 unspecified atom stereocenters. The summed E-state index contributed by atoms with van der Waals surface area (Å²) < 4.78 is 5.69. The molecular formula is C24H29N3O. The second kappa shape index (κ2) is 9.65. The highest BCUT2D eigenvalue weighted by Crippen LogP contribution is 2.30. The van der Waals surface area contributed by atoms with Crippen LogP contribution in [0.3, 0.4) is 0 Å². The number of hydrogen-bond acceptors (Lipinski definition) is 4. The van der Waals surface area contributed by atoms with Gasteiger partial charge in [-0.15, -0.1) is 0 Å². The van der Waals surface area contributed by atoms with Crippen LogP contribution in [0.1, 0.15) is 54.6 Å². The Bertz CT molecular complexity index is 831. The first kappa shape index (κ1) is 18.9. The highest BCUT2D eigenvalue weighted by atomic mass is 16.5. The molecule has 146 valence electrons. The lowest BCUT2D eigenvalue weighted by atomic mass is 10.0. The zero-order valence-corrected chi connectivity index (χ0v) is 16.5. The molecule has 2 heterocycles. The fourth-order valence-corrected chi connectivity index (χ4v) is 4.06. The Morgan fingerprint density at radius 3 is 2.32 bits per heavy atom. The summed E-state index contributed by atoms with van der Waals surface area (Å²) in [6, 6.07) is 21.6. The number of hydrogen-bond donors (Lipinski definition) is 0. The van der Waals surface area contributed by atoms with Crippen molar-refractivity contribution in [1.82, 2.24) is 15.0 Å². The van der Waals surface area contributed by atoms with Crippen molar-refractivity contribution in [2.75, 3.05) is 13.1 Å². The molecular weight excluding hydrogens is 346 g/mol. The Balaban J connectivity index is 1.32. The van der Waals surface area contributed by atoms with E-state index in [1.54, 1.807) is 0 Å². The molecule has 1 aromatic heterocycles. The molecule has 0 aliphatic carbocycles. The van der Waals surface area contributed by atoms with E-state index >= 15 is 0 Å². The monoisotopic (exact) mass is 375 g/mol. The molecule has 1 atom stereocenters. The Morgan fingerprint density at radius 1 is 0.857 bits per heavy atom. The predicted octanol–water partition coefficient (Wildman–Crippen LogP) is 5.01. The van der Waals surface area contributed by atoms with Crippen LogP contribution in [0.4, 0.5) is 0 Å². The van der Waals surface area contributed by atoms with Gasteiger partial charge in [-0.05, 0) is 49.8 Å². The predicted molar refractivity (Wildman–Crippen MR) is 111 cm³/mol. The van der Waals surface area contributed by atoms with Crippen LogP contribution in [-0.2, 0) is 19.3 Å². The molecule has 28 heavy (non-hydrogen) atoms. The van der Waals surface area contributed by atoms with Gasteiger partial charge in [-0.25, -0.2) is 0 Å². The van der Waals surface area contributed by atoms with Gasteiger partial charge in [0.25, 0.3) is 0 Å². The maximum atomic E-state index is 5.69. The van der Waals surface area contributed by atoms with Gasteiger partial charge in [0.1, 0.15) is 0 Å². The Kier molecular flexibility index (Phi) is 6.51. The van der Waals surface area contributed by atoms with Gasteiger partial charge in [-0.3, -0.25) is 4.90 Å². The van der Waals surface area contributed by atoms with Crippen LogP contribution in [0.15, 0.2) is 65.2 Å². The molecule has 0 bridgehead atoms. The first-order chi connectivity index (χ1) is 13.9. The topological polar surface area (TPSA) is 42.2 Å². The highest BCUT2D eigenvalue weighted by molar-refractivity contribution is 5.15. The minimum Gasteiger partial charge on any atom is -0.338 e. The first-order valence-corrected chi connectivity index (χ1v) is 10.5. The zero-order valence-electron chi connectivity index (χ0n) is 16.5. The fraction of sp³-hybridized carbons (Fsp3) is 0.417. The van der Waals surface area contributed by atoms with E-state index in [1.165, 1.54) is 24.0 Å². The summed E-state index contributed by atoms with van der Waals surface area (Å²) in [5, 5.41) is 4.26. The smallest absolute Gasteiger partial charge is 0.243 e. The molecule has 1 aliphatic heterocycles. The van der Waals surface area contributed by atoms with Crippen molar-refractivity contribution >= 4 is 0 Å². The summed E-state index contributed by atoms with van der Waals surface area (Å²) in [4.78, 5) is 7.28. The van der Waals surface area contributed by atoms with E-state index in [4.69, 9.17) is 9.51 Å². The lowest BCUT2D eigenvalue weighted by Gasteiger charge is -2.33. The van der Waals surface area contributed by atoms with Crippen LogP contribution in [0.25, 0.3) is 0 Å². The molecule has 0 N–H and O–H groups in total. The largest absolute Gasteiger partial charge is 0.338 e. The van der Waals surface area contributed by atoms with Crippen LogP contribution in [0, 0.1) is 0 Å². The number of nitrogens with zero attached hydrogens (tertiary/aromatic N) is 3. The number of likely N-dealkylation sites (tertiary alicyclic amines) is 1. The summed E-state index contributed by atoms with van der Waals surface area (Å²) >= 11 is 0. The number of rotatable bonds is 8. The molecule has 0 amide bonds. The highest BCUT2D eigenvalue weighted by Gasteiger charge is 2.28. The quantitative estimate of drug-likeness (QED) is 0.555. The molecule has 1 saturated heterocycles. The maximum Gasteiger partial charge on any atom is 0.243 e. The van der Waals surface area contributed by atoms with Crippen LogP contribution >= 0.6 is 0 Å². The van der Waals surface area contributed by atoms with E-state index in [-0.39, 0.29) is 6.04 Å². The van der Waals surface area contributed by atoms with E-state index in [0.29, 0.717) is 0 Å². The van der Waals surface area contributed by atoms with Gasteiger partial charge in [0.2, 0.25) is 5.89 Å². The summed E-state index contributed by atoms with van der Waals surface area (Å²) in [5.41, 5.74) is 2.75. The Hall–Kier alpha value is -2.46. The lowest BCUT2D eigenvalue weighted by Crippen LogP contribution is -2.35. The molecule has 1 aliphatic rings. The van der Waals surface area contributed by atoms with Gasteiger partial charge < -0.3 is 4.52 Å². The second-order valence-corrected chi connectivity index (χ2v) is 7.67. The average molecular weight is 376 g/mol. The molecule has 4 rings (SSSR count). The SMILES string of the molecule is c1ccc(CCCc2noc(C3CCCCN3CCc3ccccc3)n2)cc1. The molecule has 2 aromatic carbocycles. The second-order valence-electron chi connectivity index (χ2n) is 7.67. The number of aryl methyl sites for hydroxylation is 2. The van der Waals surface area contributed by atoms with Crippen LogP contribution in [0.5, 0.6) is 0 Å². The molecule has 0 saturated carbocycles. The minimum atomic E-state index is 0.271. The van der Waals surface area contributed by atoms with Crippen LogP contribution in [-0.4, -0.2) is 28.1 Å². The van der Waals surface area contributed by atoms with Crippen molar-refractivity contribution in [3.05, 3.63) is 83.5 Å². The van der Waals surface area contributed by atoms with Crippen molar-refractivity contribution in [2.45, 2.75) is 51.0 Å². The Morgan fingerprint density at radius 2 is 1.57 bits per heavy atom. The third kappa shape index (κ3) is 5.08. The first-order valence-electron chi connectivity index (χ1n) is 10.5. The summed E-state index contributed by atoms with van der Waals surface area (Å²) in [6.07, 6.45) is 7.63. The summed E-state index contributed by atoms with van der Waals surface area (Å²) in [5.74, 6) is 1.65. The zero-order chi connectivity index (χ0) is 19.0. The normalized spacial score (nSPS) is 17.6. The standard InChI is InChI=1S/C24H29N3O/c1-3-10-20(11-4-1)14-9-16-23-25-24(28-26-23)22-15-7-8-18-27(22)19-17-21-12-5-2-6-13-21/h1-6,10-13,22H,7-9,14-19H2. The number of piperidine rings is 1. The Labute approximate surface area is 167 Å². The van der Waals surface area contributed by atoms with Crippen LogP contribution < -0.4 is 0 Å². The summed E-state index contributed by atoms with van der Waals surface area (Å²) in [6.45, 7) is 2.16. The number of aromatic nitrogens is 2. The van der Waals surface area contributed by atoms with Crippen molar-refractivity contribution in [3.8, 4) is 0 Å². The maximum absolute atomic E-state index is 5.69. The van der Waals surface area contributed by atoms with Gasteiger partial charge in [-0.1, -0.05) is 72.2 Å². The van der Waals surface area contributed by atoms with E-state index in [9.17, 15) is 0 Å². The molecule has 4 heteroatoms. The van der Waals surface area contributed by atoms with Gasteiger partial charge >= 0.3 is 0 Å². The lowest BCUT2D eigenvalue weighted by molar-refractivity contribution is 0.120. The van der Waals surface area contributed by atoms with Gasteiger partial charge in [0.15, 0.2) is 5.82 Å². The van der Waals surface area contributed by atoms with Gasteiger partial charge in [0.05, 0.1) is 6.04 Å². The minimum absolute atomic E-state index is 0.271. The number of benzene rings is 2. The third-order valence-corrected chi connectivity index (χ3v) is 5.62. The van der Waals surface area contributed by atoms with E-state index in [2.05, 4.69) is 70.7 Å². The fourth-order valence-electron chi connectivity index (χ4n) is 4.06. The molecule has 0 spiro atoms. The molecule has 4 nitrogen and oxygen atoms in total. The van der Waals surface area contributed by atoms with E-state index in [0.717, 1.165) is 56.9 Å². The third-order valence-electron chi connectivity index (χ3n) is 5.62. The van der Waals surface area contributed by atoms with Crippen molar-refractivity contribution < 1.29 is 4.52 Å². The molecule has 0 radical (unpaired) electrons. The average Bonchev–Trinajstić information content (AvgIpc) is 3.23. The van der Waals surface area contributed by atoms with Crippen molar-refractivity contribution in [3.63, 3.8) is 0 Å². The van der Waals surface area contributed by atoms with Crippen LogP contribution in [0.2, 0.25) is 0 Å².